The molecule has 0 aromatic carbocycles. The SMILES string of the molecule is CCCNCc1cc(C(F)(F)F)on1. The zero-order chi connectivity index (χ0) is 10.6. The van der Waals surface area contributed by atoms with Crippen molar-refractivity contribution in [1.29, 1.82) is 0 Å². The van der Waals surface area contributed by atoms with Gasteiger partial charge in [0.2, 0.25) is 5.76 Å². The molecule has 6 heteroatoms. The van der Waals surface area contributed by atoms with Crippen molar-refractivity contribution in [2.45, 2.75) is 26.1 Å². The van der Waals surface area contributed by atoms with E-state index in [0.29, 0.717) is 6.54 Å². The summed E-state index contributed by atoms with van der Waals surface area (Å²) in [5, 5.41) is 6.22. The molecule has 0 amide bonds. The van der Waals surface area contributed by atoms with Crippen LogP contribution < -0.4 is 5.32 Å². The third-order valence-corrected chi connectivity index (χ3v) is 1.57. The van der Waals surface area contributed by atoms with Gasteiger partial charge in [-0.2, -0.15) is 13.2 Å². The molecule has 0 aliphatic rings. The Balaban J connectivity index is 2.51. The van der Waals surface area contributed by atoms with Gasteiger partial charge in [-0.25, -0.2) is 0 Å². The van der Waals surface area contributed by atoms with Crippen LogP contribution in [0.4, 0.5) is 13.2 Å². The van der Waals surface area contributed by atoms with Crippen molar-refractivity contribution in [2.75, 3.05) is 6.54 Å². The molecule has 0 aliphatic carbocycles. The molecule has 1 heterocycles. The van der Waals surface area contributed by atoms with Gasteiger partial charge in [0, 0.05) is 12.6 Å². The van der Waals surface area contributed by atoms with Crippen LogP contribution >= 0.6 is 0 Å². The number of aromatic nitrogens is 1. The smallest absolute Gasteiger partial charge is 0.351 e. The number of alkyl halides is 3. The number of halogens is 3. The van der Waals surface area contributed by atoms with E-state index in [1.54, 1.807) is 0 Å². The molecule has 0 unspecified atom stereocenters. The van der Waals surface area contributed by atoms with Crippen LogP contribution in [0, 0.1) is 0 Å². The maximum Gasteiger partial charge on any atom is 0.452 e. The third-order valence-electron chi connectivity index (χ3n) is 1.57. The number of hydrogen-bond donors (Lipinski definition) is 1. The standard InChI is InChI=1S/C8H11F3N2O/c1-2-3-12-5-6-4-7(14-13-6)8(9,10)11/h4,12H,2-3,5H2,1H3. The monoisotopic (exact) mass is 208 g/mol. The normalized spacial score (nSPS) is 12.0. The molecule has 0 atom stereocenters. The zero-order valence-corrected chi connectivity index (χ0v) is 7.69. The number of nitrogens with one attached hydrogen (secondary N) is 1. The molecule has 0 aliphatic heterocycles. The first-order chi connectivity index (χ1) is 6.54. The van der Waals surface area contributed by atoms with Crippen molar-refractivity contribution in [3.05, 3.63) is 17.5 Å². The Hall–Kier alpha value is -1.04. The van der Waals surface area contributed by atoms with Crippen LogP contribution in [-0.4, -0.2) is 11.7 Å². The summed E-state index contributed by atoms with van der Waals surface area (Å²) in [6.45, 7) is 3.01. The lowest BCUT2D eigenvalue weighted by molar-refractivity contribution is -0.155. The van der Waals surface area contributed by atoms with Crippen molar-refractivity contribution in [1.82, 2.24) is 10.5 Å². The molecular formula is C8H11F3N2O. The fourth-order valence-electron chi connectivity index (χ4n) is 0.922. The molecule has 0 spiro atoms. The van der Waals surface area contributed by atoms with E-state index in [9.17, 15) is 13.2 Å². The molecule has 0 saturated carbocycles. The number of nitrogens with zero attached hydrogens (tertiary/aromatic N) is 1. The first-order valence-corrected chi connectivity index (χ1v) is 4.27. The van der Waals surface area contributed by atoms with Gasteiger partial charge < -0.3 is 9.84 Å². The first-order valence-electron chi connectivity index (χ1n) is 4.27. The number of rotatable bonds is 4. The van der Waals surface area contributed by atoms with Crippen LogP contribution in [0.15, 0.2) is 10.6 Å². The molecular weight excluding hydrogens is 197 g/mol. The van der Waals surface area contributed by atoms with E-state index in [4.69, 9.17) is 0 Å². The van der Waals surface area contributed by atoms with Gasteiger partial charge in [0.05, 0.1) is 5.69 Å². The Bertz CT molecular complexity index is 282. The highest BCUT2D eigenvalue weighted by molar-refractivity contribution is 5.07. The molecule has 0 fully saturated rings. The van der Waals surface area contributed by atoms with Crippen LogP contribution in [0.25, 0.3) is 0 Å². The predicted molar refractivity (Wildman–Crippen MR) is 43.5 cm³/mol. The predicted octanol–water partition coefficient (Wildman–Crippen LogP) is 2.19. The van der Waals surface area contributed by atoms with E-state index >= 15 is 0 Å². The van der Waals surface area contributed by atoms with E-state index in [1.807, 2.05) is 6.92 Å². The van der Waals surface area contributed by atoms with Gasteiger partial charge in [0.25, 0.3) is 0 Å². The highest BCUT2D eigenvalue weighted by atomic mass is 19.4. The van der Waals surface area contributed by atoms with Gasteiger partial charge in [0.15, 0.2) is 0 Å². The third kappa shape index (κ3) is 3.02. The summed E-state index contributed by atoms with van der Waals surface area (Å²) in [7, 11) is 0. The Morgan fingerprint density at radius 2 is 2.21 bits per heavy atom. The molecule has 1 N–H and O–H groups in total. The van der Waals surface area contributed by atoms with Crippen molar-refractivity contribution < 1.29 is 17.7 Å². The van der Waals surface area contributed by atoms with Gasteiger partial charge in [0.1, 0.15) is 0 Å². The van der Waals surface area contributed by atoms with Crippen molar-refractivity contribution in [2.24, 2.45) is 0 Å². The molecule has 1 aromatic rings. The summed E-state index contributed by atoms with van der Waals surface area (Å²) in [4.78, 5) is 0. The molecule has 80 valence electrons. The molecule has 14 heavy (non-hydrogen) atoms. The molecule has 0 bridgehead atoms. The van der Waals surface area contributed by atoms with E-state index in [2.05, 4.69) is 15.0 Å². The highest BCUT2D eigenvalue weighted by Gasteiger charge is 2.35. The minimum absolute atomic E-state index is 0.269. The van der Waals surface area contributed by atoms with E-state index in [0.717, 1.165) is 19.0 Å². The van der Waals surface area contributed by atoms with Crippen LogP contribution in [0.1, 0.15) is 24.8 Å². The van der Waals surface area contributed by atoms with E-state index in [1.165, 1.54) is 0 Å². The topological polar surface area (TPSA) is 38.1 Å². The zero-order valence-electron chi connectivity index (χ0n) is 7.69. The second-order valence-electron chi connectivity index (χ2n) is 2.86. The molecule has 0 saturated heterocycles. The Morgan fingerprint density at radius 1 is 1.50 bits per heavy atom. The maximum absolute atomic E-state index is 12.0. The van der Waals surface area contributed by atoms with Crippen molar-refractivity contribution >= 4 is 0 Å². The van der Waals surface area contributed by atoms with Crippen LogP contribution in [-0.2, 0) is 12.7 Å². The highest BCUT2D eigenvalue weighted by Crippen LogP contribution is 2.29. The Labute approximate surface area is 79.3 Å². The van der Waals surface area contributed by atoms with Crippen LogP contribution in [0.5, 0.6) is 0 Å². The van der Waals surface area contributed by atoms with Crippen LogP contribution in [0.2, 0.25) is 0 Å². The summed E-state index contributed by atoms with van der Waals surface area (Å²) < 4.78 is 40.3. The molecule has 1 rings (SSSR count). The largest absolute Gasteiger partial charge is 0.452 e. The van der Waals surface area contributed by atoms with E-state index < -0.39 is 11.9 Å². The fraction of sp³-hybridized carbons (Fsp3) is 0.625. The number of hydrogen-bond acceptors (Lipinski definition) is 3. The van der Waals surface area contributed by atoms with Crippen molar-refractivity contribution in [3.63, 3.8) is 0 Å². The summed E-state index contributed by atoms with van der Waals surface area (Å²) >= 11 is 0. The second kappa shape index (κ2) is 4.45. The van der Waals surface area contributed by atoms with Crippen LogP contribution in [0.3, 0.4) is 0 Å². The summed E-state index contributed by atoms with van der Waals surface area (Å²) in [5.74, 6) is -1.05. The minimum Gasteiger partial charge on any atom is -0.351 e. The Kier molecular flexibility index (Phi) is 3.51. The van der Waals surface area contributed by atoms with E-state index in [-0.39, 0.29) is 5.69 Å². The summed E-state index contributed by atoms with van der Waals surface area (Å²) in [6, 6.07) is 0.905. The quantitative estimate of drug-likeness (QED) is 0.771. The van der Waals surface area contributed by atoms with Gasteiger partial charge in [-0.3, -0.25) is 0 Å². The lowest BCUT2D eigenvalue weighted by Gasteiger charge is -1.98. The first kappa shape index (κ1) is 11.0. The lowest BCUT2D eigenvalue weighted by atomic mass is 10.3. The summed E-state index contributed by atoms with van der Waals surface area (Å²) in [6.07, 6.45) is -3.53. The fourth-order valence-corrected chi connectivity index (χ4v) is 0.922. The van der Waals surface area contributed by atoms with Gasteiger partial charge in [-0.1, -0.05) is 12.1 Å². The molecule has 0 radical (unpaired) electrons. The minimum atomic E-state index is -4.45. The summed E-state index contributed by atoms with van der Waals surface area (Å²) in [5.41, 5.74) is 0.269. The second-order valence-corrected chi connectivity index (χ2v) is 2.86. The lowest BCUT2D eigenvalue weighted by Crippen LogP contribution is -2.13. The van der Waals surface area contributed by atoms with Gasteiger partial charge in [-0.15, -0.1) is 0 Å². The van der Waals surface area contributed by atoms with Crippen molar-refractivity contribution in [3.8, 4) is 0 Å². The Morgan fingerprint density at radius 3 is 2.71 bits per heavy atom. The maximum atomic E-state index is 12.0. The average molecular weight is 208 g/mol. The average Bonchev–Trinajstić information content (AvgIpc) is 2.52. The molecule has 3 nitrogen and oxygen atoms in total. The molecule has 1 aromatic heterocycles. The van der Waals surface area contributed by atoms with Gasteiger partial charge in [-0.05, 0) is 13.0 Å². The van der Waals surface area contributed by atoms with Gasteiger partial charge >= 0.3 is 6.18 Å².